The van der Waals surface area contributed by atoms with Gasteiger partial charge in [0.1, 0.15) is 11.5 Å². The fourth-order valence-corrected chi connectivity index (χ4v) is 5.75. The van der Waals surface area contributed by atoms with Crippen molar-refractivity contribution in [2.45, 2.75) is 19.9 Å². The minimum absolute atomic E-state index is 0.192. The maximum absolute atomic E-state index is 13.8. The molecular formula is C29H25BrN2O6S. The van der Waals surface area contributed by atoms with Crippen molar-refractivity contribution in [3.8, 4) is 22.8 Å². The van der Waals surface area contributed by atoms with Crippen LogP contribution >= 0.6 is 27.3 Å². The van der Waals surface area contributed by atoms with Gasteiger partial charge in [0.2, 0.25) is 0 Å². The fraction of sp³-hybridized carbons (Fsp3) is 0.207. The van der Waals surface area contributed by atoms with Gasteiger partial charge in [-0.2, -0.15) is 0 Å². The van der Waals surface area contributed by atoms with Gasteiger partial charge >= 0.3 is 5.97 Å². The fourth-order valence-electron chi connectivity index (χ4n) is 4.46. The molecule has 0 saturated carbocycles. The number of carbonyl (C=O) groups is 1. The first-order valence-electron chi connectivity index (χ1n) is 12.1. The number of nitrogens with zero attached hydrogens (tertiary/aromatic N) is 2. The zero-order valence-corrected chi connectivity index (χ0v) is 24.1. The van der Waals surface area contributed by atoms with E-state index < -0.39 is 12.0 Å². The summed E-state index contributed by atoms with van der Waals surface area (Å²) >= 11 is 4.67. The summed E-state index contributed by atoms with van der Waals surface area (Å²) in [5, 5.41) is 0. The summed E-state index contributed by atoms with van der Waals surface area (Å²) in [6.07, 6.45) is 1.70. The Morgan fingerprint density at radius 2 is 1.85 bits per heavy atom. The second-order valence-electron chi connectivity index (χ2n) is 8.63. The van der Waals surface area contributed by atoms with Crippen molar-refractivity contribution in [3.05, 3.63) is 101 Å². The molecule has 0 N–H and O–H groups in total. The molecule has 4 aromatic rings. The highest BCUT2D eigenvalue weighted by molar-refractivity contribution is 9.10. The summed E-state index contributed by atoms with van der Waals surface area (Å²) < 4.78 is 25.2. The Morgan fingerprint density at radius 1 is 1.10 bits per heavy atom. The molecule has 2 aromatic heterocycles. The van der Waals surface area contributed by atoms with E-state index in [0.29, 0.717) is 49.2 Å². The molecular weight excluding hydrogens is 584 g/mol. The van der Waals surface area contributed by atoms with Crippen LogP contribution in [-0.2, 0) is 9.53 Å². The molecule has 0 bridgehead atoms. The smallest absolute Gasteiger partial charge is 0.338 e. The van der Waals surface area contributed by atoms with Gasteiger partial charge in [0.15, 0.2) is 16.3 Å². The van der Waals surface area contributed by atoms with E-state index in [1.807, 2.05) is 36.4 Å². The van der Waals surface area contributed by atoms with Gasteiger partial charge in [-0.1, -0.05) is 45.5 Å². The molecule has 8 nitrogen and oxygen atoms in total. The molecule has 3 heterocycles. The van der Waals surface area contributed by atoms with Crippen molar-refractivity contribution >= 4 is 39.3 Å². The van der Waals surface area contributed by atoms with Gasteiger partial charge in [0, 0.05) is 16.1 Å². The number of methoxy groups -OCH3 is 2. The standard InChI is InChI=1S/C29H25BrN2O6S/c1-5-37-28(34)25-16(2)31-29-32(26(25)18-8-12-22(35-3)23(14-18)36-4)27(33)24(39-29)15-20-11-13-21(38-20)17-6-9-19(30)10-7-17/h6-15,26H,5H2,1-4H3/b24-15-. The van der Waals surface area contributed by atoms with Crippen LogP contribution in [0.25, 0.3) is 17.4 Å². The molecule has 39 heavy (non-hydrogen) atoms. The molecule has 2 aromatic carbocycles. The number of aromatic nitrogens is 1. The van der Waals surface area contributed by atoms with Crippen molar-refractivity contribution in [1.82, 2.24) is 4.57 Å². The van der Waals surface area contributed by atoms with Crippen molar-refractivity contribution in [3.63, 3.8) is 0 Å². The first-order valence-corrected chi connectivity index (χ1v) is 13.7. The summed E-state index contributed by atoms with van der Waals surface area (Å²) in [5.74, 6) is 1.70. The molecule has 0 spiro atoms. The summed E-state index contributed by atoms with van der Waals surface area (Å²) in [5.41, 5.74) is 2.06. The first-order chi connectivity index (χ1) is 18.8. The number of rotatable bonds is 7. The number of esters is 1. The Kier molecular flexibility index (Phi) is 7.58. The van der Waals surface area contributed by atoms with E-state index in [-0.39, 0.29) is 12.2 Å². The average molecular weight is 609 g/mol. The van der Waals surface area contributed by atoms with Gasteiger partial charge in [-0.15, -0.1) is 0 Å². The molecule has 1 aliphatic rings. The third-order valence-electron chi connectivity index (χ3n) is 6.27. The lowest BCUT2D eigenvalue weighted by atomic mass is 9.95. The highest BCUT2D eigenvalue weighted by atomic mass is 79.9. The topological polar surface area (TPSA) is 92.3 Å². The number of thiazole rings is 1. The van der Waals surface area contributed by atoms with E-state index in [4.69, 9.17) is 18.6 Å². The van der Waals surface area contributed by atoms with Crippen LogP contribution in [0.4, 0.5) is 0 Å². The van der Waals surface area contributed by atoms with Crippen LogP contribution in [0.1, 0.15) is 31.2 Å². The van der Waals surface area contributed by atoms with Crippen LogP contribution in [0.2, 0.25) is 0 Å². The molecule has 1 atom stereocenters. The predicted octanol–water partition coefficient (Wildman–Crippen LogP) is 4.84. The third kappa shape index (κ3) is 5.09. The largest absolute Gasteiger partial charge is 0.493 e. The molecule has 0 radical (unpaired) electrons. The molecule has 0 fully saturated rings. The number of benzene rings is 2. The number of hydrogen-bond donors (Lipinski definition) is 0. The van der Waals surface area contributed by atoms with Crippen LogP contribution in [0, 0.1) is 0 Å². The summed E-state index contributed by atoms with van der Waals surface area (Å²) in [7, 11) is 3.08. The van der Waals surface area contributed by atoms with Gasteiger partial charge in [0.05, 0.1) is 42.7 Å². The maximum atomic E-state index is 13.8. The van der Waals surface area contributed by atoms with Gasteiger partial charge in [-0.25, -0.2) is 9.79 Å². The van der Waals surface area contributed by atoms with Crippen LogP contribution in [0.3, 0.4) is 0 Å². The van der Waals surface area contributed by atoms with Crippen molar-refractivity contribution in [1.29, 1.82) is 0 Å². The van der Waals surface area contributed by atoms with E-state index in [1.54, 1.807) is 45.2 Å². The monoisotopic (exact) mass is 608 g/mol. The summed E-state index contributed by atoms with van der Waals surface area (Å²) in [6.45, 7) is 3.67. The lowest BCUT2D eigenvalue weighted by molar-refractivity contribution is -0.139. The van der Waals surface area contributed by atoms with E-state index in [1.165, 1.54) is 23.0 Å². The van der Waals surface area contributed by atoms with Crippen LogP contribution in [0.5, 0.6) is 11.5 Å². The predicted molar refractivity (Wildman–Crippen MR) is 152 cm³/mol. The molecule has 10 heteroatoms. The SMILES string of the molecule is CCOC(=O)C1=C(C)N=c2s/c(=C\c3ccc(-c4ccc(Br)cc4)o3)c(=O)n2C1c1ccc(OC)c(OC)c1. The molecule has 5 rings (SSSR count). The number of furan rings is 1. The quantitative estimate of drug-likeness (QED) is 0.279. The Hall–Kier alpha value is -3.89. The van der Waals surface area contributed by atoms with Gasteiger partial charge in [-0.05, 0) is 55.8 Å². The number of halogens is 1. The second kappa shape index (κ2) is 11.1. The molecule has 0 aliphatic carbocycles. The highest BCUT2D eigenvalue weighted by Crippen LogP contribution is 2.36. The Bertz CT molecular complexity index is 1760. The summed E-state index contributed by atoms with van der Waals surface area (Å²) in [6, 6.07) is 16.0. The van der Waals surface area contributed by atoms with E-state index in [0.717, 1.165) is 10.0 Å². The first kappa shape index (κ1) is 26.7. The van der Waals surface area contributed by atoms with Gasteiger partial charge in [-0.3, -0.25) is 9.36 Å². The van der Waals surface area contributed by atoms with E-state index >= 15 is 0 Å². The zero-order valence-electron chi connectivity index (χ0n) is 21.7. The van der Waals surface area contributed by atoms with E-state index in [2.05, 4.69) is 20.9 Å². The minimum atomic E-state index is -0.766. The summed E-state index contributed by atoms with van der Waals surface area (Å²) in [4.78, 5) is 32.0. The van der Waals surface area contributed by atoms with E-state index in [9.17, 15) is 9.59 Å². The molecule has 0 saturated heterocycles. The third-order valence-corrected chi connectivity index (χ3v) is 7.78. The molecule has 200 valence electrons. The zero-order chi connectivity index (χ0) is 27.7. The number of hydrogen-bond acceptors (Lipinski definition) is 8. The number of carbonyl (C=O) groups excluding carboxylic acids is 1. The van der Waals surface area contributed by atoms with Crippen molar-refractivity contribution in [2.75, 3.05) is 20.8 Å². The minimum Gasteiger partial charge on any atom is -0.493 e. The number of fused-ring (bicyclic) bond motifs is 1. The average Bonchev–Trinajstić information content (AvgIpc) is 3.52. The Morgan fingerprint density at radius 3 is 2.54 bits per heavy atom. The number of ether oxygens (including phenoxy) is 3. The van der Waals surface area contributed by atoms with Gasteiger partial charge < -0.3 is 18.6 Å². The number of allylic oxidation sites excluding steroid dienone is 1. The molecule has 0 amide bonds. The van der Waals surface area contributed by atoms with Gasteiger partial charge in [0.25, 0.3) is 5.56 Å². The molecule has 1 unspecified atom stereocenters. The Labute approximate surface area is 236 Å². The molecule has 1 aliphatic heterocycles. The second-order valence-corrected chi connectivity index (χ2v) is 10.6. The lowest BCUT2D eigenvalue weighted by Crippen LogP contribution is -2.39. The normalized spacial score (nSPS) is 15.1. The lowest BCUT2D eigenvalue weighted by Gasteiger charge is -2.25. The highest BCUT2D eigenvalue weighted by Gasteiger charge is 2.34. The Balaban J connectivity index is 1.65. The van der Waals surface area contributed by atoms with Crippen LogP contribution in [0.15, 0.2) is 84.5 Å². The van der Waals surface area contributed by atoms with Crippen LogP contribution in [-0.4, -0.2) is 31.4 Å². The van der Waals surface area contributed by atoms with Crippen molar-refractivity contribution < 1.29 is 23.4 Å². The van der Waals surface area contributed by atoms with Crippen LogP contribution < -0.4 is 24.4 Å². The maximum Gasteiger partial charge on any atom is 0.338 e. The van der Waals surface area contributed by atoms with Crippen molar-refractivity contribution in [2.24, 2.45) is 4.99 Å².